The normalized spacial score (nSPS) is 14.5. The lowest BCUT2D eigenvalue weighted by Gasteiger charge is -2.23. The van der Waals surface area contributed by atoms with Crippen LogP contribution in [-0.2, 0) is 17.7 Å². The number of aryl methyl sites for hydroxylation is 1. The summed E-state index contributed by atoms with van der Waals surface area (Å²) >= 11 is 5.78. The molecule has 1 aliphatic rings. The molecule has 0 N–H and O–H groups in total. The molecule has 160 valence electrons. The van der Waals surface area contributed by atoms with Gasteiger partial charge in [0, 0.05) is 37.7 Å². The van der Waals surface area contributed by atoms with Gasteiger partial charge in [0.25, 0.3) is 0 Å². The van der Waals surface area contributed by atoms with E-state index >= 15 is 0 Å². The van der Waals surface area contributed by atoms with E-state index in [2.05, 4.69) is 10.2 Å². The Balaban J connectivity index is 1.71. The third-order valence-corrected chi connectivity index (χ3v) is 5.78. The van der Waals surface area contributed by atoms with Crippen molar-refractivity contribution in [3.05, 3.63) is 81.0 Å². The molecule has 0 saturated carbocycles. The predicted octanol–water partition coefficient (Wildman–Crippen LogP) is 4.12. The molecule has 3 aromatic rings. The Labute approximate surface area is 185 Å². The van der Waals surface area contributed by atoms with Crippen LogP contribution in [0, 0.1) is 12.8 Å². The fraction of sp³-hybridized carbons (Fsp3) is 0.333. The lowest BCUT2D eigenvalue weighted by Crippen LogP contribution is -2.25. The number of nitrogens with zero attached hydrogens (tertiary/aromatic N) is 3. The summed E-state index contributed by atoms with van der Waals surface area (Å²) in [7, 11) is 0. The third-order valence-electron chi connectivity index (χ3n) is 5.58. The second-order valence-corrected chi connectivity index (χ2v) is 8.37. The van der Waals surface area contributed by atoms with Gasteiger partial charge in [0.15, 0.2) is 16.4 Å². The molecule has 3 heterocycles. The Hall–Kier alpha value is -2.83. The second-order valence-electron chi connectivity index (χ2n) is 7.98. The van der Waals surface area contributed by atoms with E-state index in [1.165, 1.54) is 0 Å². The highest BCUT2D eigenvalue weighted by Crippen LogP contribution is 2.21. The van der Waals surface area contributed by atoms with Crippen molar-refractivity contribution in [2.45, 2.75) is 32.7 Å². The van der Waals surface area contributed by atoms with Crippen molar-refractivity contribution in [1.82, 2.24) is 14.8 Å². The lowest BCUT2D eigenvalue weighted by atomic mass is 9.98. The van der Waals surface area contributed by atoms with Crippen molar-refractivity contribution >= 4 is 17.4 Å². The molecule has 0 unspecified atom stereocenters. The molecule has 1 fully saturated rings. The highest BCUT2D eigenvalue weighted by molar-refractivity contribution is 6.29. The van der Waals surface area contributed by atoms with Gasteiger partial charge < -0.3 is 9.30 Å². The maximum absolute atomic E-state index is 13.3. The molecule has 0 bridgehead atoms. The predicted molar refractivity (Wildman–Crippen MR) is 119 cm³/mol. The van der Waals surface area contributed by atoms with Crippen LogP contribution < -0.4 is 5.43 Å². The van der Waals surface area contributed by atoms with Crippen molar-refractivity contribution in [2.75, 3.05) is 13.2 Å². The van der Waals surface area contributed by atoms with Gasteiger partial charge in [-0.1, -0.05) is 41.4 Å². The monoisotopic (exact) mass is 437 g/mol. The van der Waals surface area contributed by atoms with E-state index < -0.39 is 0 Å². The summed E-state index contributed by atoms with van der Waals surface area (Å²) in [4.78, 5) is 26.3. The zero-order valence-corrected chi connectivity index (χ0v) is 18.1. The van der Waals surface area contributed by atoms with E-state index in [9.17, 15) is 9.59 Å². The molecule has 1 saturated heterocycles. The Morgan fingerprint density at radius 2 is 1.84 bits per heavy atom. The van der Waals surface area contributed by atoms with Crippen molar-refractivity contribution in [3.8, 4) is 11.1 Å². The molecule has 1 aliphatic heterocycles. The number of ether oxygens (including phenoxy) is 1. The van der Waals surface area contributed by atoms with Gasteiger partial charge in [-0.15, -0.1) is 5.10 Å². The van der Waals surface area contributed by atoms with Gasteiger partial charge in [0.05, 0.1) is 17.7 Å². The number of hydrogen-bond acceptors (Lipinski definition) is 5. The largest absolute Gasteiger partial charge is 0.381 e. The SMILES string of the molecule is Cc1ccc(-c2cn(CC3CCOCC3)cc(C(=O)Cc3ccc(Cl)nn3)c2=O)cc1. The third kappa shape index (κ3) is 5.27. The molecule has 2 aromatic heterocycles. The molecular weight excluding hydrogens is 414 g/mol. The number of ketones is 1. The fourth-order valence-corrected chi connectivity index (χ4v) is 3.90. The minimum absolute atomic E-state index is 0.00592. The highest BCUT2D eigenvalue weighted by Gasteiger charge is 2.20. The van der Waals surface area contributed by atoms with Crippen LogP contribution in [0.2, 0.25) is 5.15 Å². The first-order valence-electron chi connectivity index (χ1n) is 10.4. The number of aromatic nitrogens is 3. The van der Waals surface area contributed by atoms with Gasteiger partial charge in [-0.25, -0.2) is 0 Å². The lowest BCUT2D eigenvalue weighted by molar-refractivity contribution is 0.0612. The average molecular weight is 438 g/mol. The molecular formula is C24H24ClN3O3. The summed E-state index contributed by atoms with van der Waals surface area (Å²) in [6, 6.07) is 11.0. The number of carbonyl (C=O) groups excluding carboxylic acids is 1. The van der Waals surface area contributed by atoms with Crippen LogP contribution in [0.5, 0.6) is 0 Å². The molecule has 0 amide bonds. The Morgan fingerprint density at radius 1 is 1.10 bits per heavy atom. The first-order chi connectivity index (χ1) is 15.0. The topological polar surface area (TPSA) is 74.1 Å². The van der Waals surface area contributed by atoms with Crippen molar-refractivity contribution < 1.29 is 9.53 Å². The van der Waals surface area contributed by atoms with Gasteiger partial charge in [-0.05, 0) is 43.4 Å². The van der Waals surface area contributed by atoms with Gasteiger partial charge in [-0.2, -0.15) is 5.10 Å². The maximum atomic E-state index is 13.3. The summed E-state index contributed by atoms with van der Waals surface area (Å²) < 4.78 is 7.44. The average Bonchev–Trinajstić information content (AvgIpc) is 2.78. The van der Waals surface area contributed by atoms with Gasteiger partial charge in [0.1, 0.15) is 0 Å². The fourth-order valence-electron chi connectivity index (χ4n) is 3.80. The summed E-state index contributed by atoms with van der Waals surface area (Å²) in [6.07, 6.45) is 5.47. The smallest absolute Gasteiger partial charge is 0.200 e. The number of rotatable bonds is 6. The van der Waals surface area contributed by atoms with Crippen LogP contribution >= 0.6 is 11.6 Å². The molecule has 31 heavy (non-hydrogen) atoms. The number of halogens is 1. The minimum Gasteiger partial charge on any atom is -0.381 e. The second kappa shape index (κ2) is 9.54. The first kappa shape index (κ1) is 21.4. The molecule has 6 nitrogen and oxygen atoms in total. The van der Waals surface area contributed by atoms with E-state index in [4.69, 9.17) is 16.3 Å². The van der Waals surface area contributed by atoms with E-state index in [0.29, 0.717) is 17.2 Å². The number of Topliss-reactive ketones (excluding diaryl/α,β-unsaturated/α-hetero) is 1. The first-order valence-corrected chi connectivity index (χ1v) is 10.8. The molecule has 0 radical (unpaired) electrons. The number of pyridine rings is 1. The Bertz CT molecular complexity index is 1120. The Morgan fingerprint density at radius 3 is 2.52 bits per heavy atom. The van der Waals surface area contributed by atoms with E-state index in [0.717, 1.165) is 43.7 Å². The standard InChI is InChI=1S/C24H24ClN3O3/c1-16-2-4-18(5-3-16)20-14-28(13-17-8-10-31-11-9-17)15-21(24(20)30)22(29)12-19-6-7-23(25)27-26-19/h2-7,14-15,17H,8-13H2,1H3. The number of benzene rings is 1. The van der Waals surface area contributed by atoms with Crippen molar-refractivity contribution in [3.63, 3.8) is 0 Å². The van der Waals surface area contributed by atoms with Crippen molar-refractivity contribution in [2.24, 2.45) is 5.92 Å². The van der Waals surface area contributed by atoms with Crippen LogP contribution in [0.3, 0.4) is 0 Å². The summed E-state index contributed by atoms with van der Waals surface area (Å²) in [6.45, 7) is 4.23. The van der Waals surface area contributed by atoms with E-state index in [1.54, 1.807) is 18.3 Å². The minimum atomic E-state index is -0.281. The quantitative estimate of drug-likeness (QED) is 0.542. The Kier molecular flexibility index (Phi) is 6.59. The van der Waals surface area contributed by atoms with Crippen LogP contribution in [-0.4, -0.2) is 33.8 Å². The summed E-state index contributed by atoms with van der Waals surface area (Å²) in [5.41, 5.74) is 2.82. The van der Waals surface area contributed by atoms with Crippen LogP contribution in [0.25, 0.3) is 11.1 Å². The van der Waals surface area contributed by atoms with Crippen molar-refractivity contribution in [1.29, 1.82) is 0 Å². The molecule has 1 aromatic carbocycles. The molecule has 0 aliphatic carbocycles. The zero-order valence-electron chi connectivity index (χ0n) is 17.4. The number of hydrogen-bond donors (Lipinski definition) is 0. The van der Waals surface area contributed by atoms with Crippen LogP contribution in [0.4, 0.5) is 0 Å². The molecule has 7 heteroatoms. The van der Waals surface area contributed by atoms with Gasteiger partial charge in [0.2, 0.25) is 0 Å². The molecule has 0 spiro atoms. The maximum Gasteiger partial charge on any atom is 0.200 e. The van der Waals surface area contributed by atoms with Gasteiger partial charge >= 0.3 is 0 Å². The van der Waals surface area contributed by atoms with Gasteiger partial charge in [-0.3, -0.25) is 9.59 Å². The summed E-state index contributed by atoms with van der Waals surface area (Å²) in [5, 5.41) is 8.00. The van der Waals surface area contributed by atoms with E-state index in [-0.39, 0.29) is 28.3 Å². The summed E-state index contributed by atoms with van der Waals surface area (Å²) in [5.74, 6) is 0.170. The van der Waals surface area contributed by atoms with Crippen LogP contribution in [0.15, 0.2) is 53.6 Å². The van der Waals surface area contributed by atoms with Crippen LogP contribution in [0.1, 0.15) is 34.5 Å². The molecule has 4 rings (SSSR count). The highest BCUT2D eigenvalue weighted by atomic mass is 35.5. The number of carbonyl (C=O) groups is 1. The van der Waals surface area contributed by atoms with E-state index in [1.807, 2.05) is 42.0 Å². The molecule has 0 atom stereocenters. The zero-order chi connectivity index (χ0) is 21.8.